The summed E-state index contributed by atoms with van der Waals surface area (Å²) in [5.74, 6) is 1.92. The van der Waals surface area contributed by atoms with Crippen LogP contribution in [0.25, 0.3) is 0 Å². The molecule has 0 saturated carbocycles. The van der Waals surface area contributed by atoms with Gasteiger partial charge in [-0.15, -0.1) is 0 Å². The number of hydrogen-bond donors (Lipinski definition) is 1. The van der Waals surface area contributed by atoms with E-state index in [1.165, 1.54) is 0 Å². The Morgan fingerprint density at radius 1 is 1.57 bits per heavy atom. The van der Waals surface area contributed by atoms with Gasteiger partial charge in [0.25, 0.3) is 0 Å². The molecule has 0 amide bonds. The summed E-state index contributed by atoms with van der Waals surface area (Å²) in [4.78, 5) is 0. The molecular weight excluding hydrogens is 180 g/mol. The molecule has 0 saturated heterocycles. The minimum atomic E-state index is 0.164. The molecule has 0 fully saturated rings. The van der Waals surface area contributed by atoms with Gasteiger partial charge in [0.2, 0.25) is 0 Å². The van der Waals surface area contributed by atoms with Crippen molar-refractivity contribution in [2.45, 2.75) is 6.42 Å². The molecule has 2 rings (SSSR count). The second-order valence-corrected chi connectivity index (χ2v) is 3.50. The average Bonchev–Trinajstić information content (AvgIpc) is 2.27. The molecule has 0 unspecified atom stereocenters. The molecule has 0 radical (unpaired) electrons. The molecule has 1 aliphatic heterocycles. The lowest BCUT2D eigenvalue weighted by Gasteiger charge is -2.25. The number of aliphatic hydroxyl groups is 1. The summed E-state index contributed by atoms with van der Waals surface area (Å²) in [7, 11) is 1.65. The highest BCUT2D eigenvalue weighted by atomic mass is 16.5. The summed E-state index contributed by atoms with van der Waals surface area (Å²) in [5.41, 5.74) is 1.07. The van der Waals surface area contributed by atoms with Crippen LogP contribution in [-0.2, 0) is 6.42 Å². The van der Waals surface area contributed by atoms with Gasteiger partial charge in [0.05, 0.1) is 13.7 Å². The molecule has 1 aromatic carbocycles. The first-order valence-corrected chi connectivity index (χ1v) is 4.74. The van der Waals surface area contributed by atoms with Crippen molar-refractivity contribution in [2.75, 3.05) is 20.3 Å². The molecule has 1 atom stereocenters. The van der Waals surface area contributed by atoms with Crippen LogP contribution >= 0.6 is 0 Å². The van der Waals surface area contributed by atoms with Gasteiger partial charge < -0.3 is 14.6 Å². The number of rotatable bonds is 2. The normalized spacial score (nSPS) is 19.7. The van der Waals surface area contributed by atoms with Gasteiger partial charge in [-0.1, -0.05) is 6.07 Å². The van der Waals surface area contributed by atoms with Crippen molar-refractivity contribution in [3.05, 3.63) is 23.8 Å². The maximum absolute atomic E-state index is 9.06. The number of methoxy groups -OCH3 is 1. The maximum atomic E-state index is 9.06. The van der Waals surface area contributed by atoms with Crippen LogP contribution in [0.3, 0.4) is 0 Å². The lowest BCUT2D eigenvalue weighted by Crippen LogP contribution is -2.24. The number of fused-ring (bicyclic) bond motifs is 1. The Morgan fingerprint density at radius 3 is 3.14 bits per heavy atom. The summed E-state index contributed by atoms with van der Waals surface area (Å²) in [6, 6.07) is 5.77. The molecule has 0 bridgehead atoms. The molecule has 3 heteroatoms. The fraction of sp³-hybridized carbons (Fsp3) is 0.455. The highest BCUT2D eigenvalue weighted by molar-refractivity contribution is 5.46. The molecule has 1 aliphatic rings. The number of aliphatic hydroxyl groups excluding tert-OH is 1. The average molecular weight is 194 g/mol. The third-order valence-corrected chi connectivity index (χ3v) is 2.54. The van der Waals surface area contributed by atoms with E-state index < -0.39 is 0 Å². The topological polar surface area (TPSA) is 38.7 Å². The van der Waals surface area contributed by atoms with Crippen LogP contribution < -0.4 is 9.47 Å². The second kappa shape index (κ2) is 3.88. The zero-order chi connectivity index (χ0) is 9.97. The fourth-order valence-corrected chi connectivity index (χ4v) is 1.75. The highest BCUT2D eigenvalue weighted by Gasteiger charge is 2.21. The second-order valence-electron chi connectivity index (χ2n) is 3.50. The Kier molecular flexibility index (Phi) is 2.59. The van der Waals surface area contributed by atoms with E-state index in [4.69, 9.17) is 14.6 Å². The lowest BCUT2D eigenvalue weighted by atomic mass is 9.97. The minimum absolute atomic E-state index is 0.164. The Hall–Kier alpha value is -1.22. The standard InChI is InChI=1S/C11H14O3/c1-13-10-3-2-4-11-9(10)5-8(6-12)7-14-11/h2-4,8,12H,5-7H2,1H3/t8-/m1/s1. The summed E-state index contributed by atoms with van der Waals surface area (Å²) in [6.07, 6.45) is 0.829. The summed E-state index contributed by atoms with van der Waals surface area (Å²) in [6.45, 7) is 0.758. The predicted molar refractivity (Wildman–Crippen MR) is 52.8 cm³/mol. The van der Waals surface area contributed by atoms with E-state index in [2.05, 4.69) is 0 Å². The van der Waals surface area contributed by atoms with Crippen molar-refractivity contribution in [2.24, 2.45) is 5.92 Å². The van der Waals surface area contributed by atoms with Crippen LogP contribution in [0, 0.1) is 5.92 Å². The van der Waals surface area contributed by atoms with E-state index in [1.54, 1.807) is 7.11 Å². The van der Waals surface area contributed by atoms with Crippen LogP contribution in [-0.4, -0.2) is 25.4 Å². The molecule has 1 aromatic rings. The van der Waals surface area contributed by atoms with Crippen LogP contribution in [0.15, 0.2) is 18.2 Å². The van der Waals surface area contributed by atoms with Crippen molar-refractivity contribution < 1.29 is 14.6 Å². The Labute approximate surface area is 83.3 Å². The maximum Gasteiger partial charge on any atom is 0.126 e. The van der Waals surface area contributed by atoms with Crippen LogP contribution in [0.4, 0.5) is 0 Å². The molecule has 0 aromatic heterocycles. The molecule has 14 heavy (non-hydrogen) atoms. The quantitative estimate of drug-likeness (QED) is 0.769. The molecule has 0 spiro atoms. The van der Waals surface area contributed by atoms with E-state index >= 15 is 0 Å². The van der Waals surface area contributed by atoms with Gasteiger partial charge in [0.15, 0.2) is 0 Å². The molecule has 0 aliphatic carbocycles. The van der Waals surface area contributed by atoms with Gasteiger partial charge in [0, 0.05) is 18.1 Å². The van der Waals surface area contributed by atoms with Crippen molar-refractivity contribution in [3.8, 4) is 11.5 Å². The summed E-state index contributed by atoms with van der Waals surface area (Å²) >= 11 is 0. The number of ether oxygens (including phenoxy) is 2. The minimum Gasteiger partial charge on any atom is -0.496 e. The molecule has 1 N–H and O–H groups in total. The predicted octanol–water partition coefficient (Wildman–Crippen LogP) is 1.24. The van der Waals surface area contributed by atoms with Gasteiger partial charge >= 0.3 is 0 Å². The zero-order valence-electron chi connectivity index (χ0n) is 8.19. The van der Waals surface area contributed by atoms with E-state index in [0.717, 1.165) is 23.5 Å². The van der Waals surface area contributed by atoms with Gasteiger partial charge in [-0.2, -0.15) is 0 Å². The van der Waals surface area contributed by atoms with E-state index in [-0.39, 0.29) is 12.5 Å². The smallest absolute Gasteiger partial charge is 0.126 e. The lowest BCUT2D eigenvalue weighted by molar-refractivity contribution is 0.145. The third-order valence-electron chi connectivity index (χ3n) is 2.54. The van der Waals surface area contributed by atoms with Crippen molar-refractivity contribution in [1.29, 1.82) is 0 Å². The number of benzene rings is 1. The molecule has 3 nitrogen and oxygen atoms in total. The van der Waals surface area contributed by atoms with Crippen LogP contribution in [0.1, 0.15) is 5.56 Å². The summed E-state index contributed by atoms with van der Waals surface area (Å²) in [5, 5.41) is 9.06. The Morgan fingerprint density at radius 2 is 2.43 bits per heavy atom. The van der Waals surface area contributed by atoms with Crippen LogP contribution in [0.2, 0.25) is 0 Å². The van der Waals surface area contributed by atoms with Crippen LogP contribution in [0.5, 0.6) is 11.5 Å². The number of hydrogen-bond acceptors (Lipinski definition) is 3. The van der Waals surface area contributed by atoms with Gasteiger partial charge in [-0.3, -0.25) is 0 Å². The first-order valence-electron chi connectivity index (χ1n) is 4.74. The first-order chi connectivity index (χ1) is 6.85. The summed E-state index contributed by atoms with van der Waals surface area (Å²) < 4.78 is 10.8. The van der Waals surface area contributed by atoms with Crippen molar-refractivity contribution in [1.82, 2.24) is 0 Å². The van der Waals surface area contributed by atoms with Gasteiger partial charge in [0.1, 0.15) is 11.5 Å². The largest absolute Gasteiger partial charge is 0.496 e. The Balaban J connectivity index is 2.33. The van der Waals surface area contributed by atoms with Gasteiger partial charge in [-0.05, 0) is 18.6 Å². The monoisotopic (exact) mass is 194 g/mol. The fourth-order valence-electron chi connectivity index (χ4n) is 1.75. The highest BCUT2D eigenvalue weighted by Crippen LogP contribution is 2.34. The SMILES string of the molecule is COc1cccc2c1C[C@H](CO)CO2. The third kappa shape index (κ3) is 1.55. The van der Waals surface area contributed by atoms with E-state index in [9.17, 15) is 0 Å². The van der Waals surface area contributed by atoms with E-state index in [0.29, 0.717) is 6.61 Å². The Bertz CT molecular complexity index is 308. The molecular formula is C11H14O3. The molecule has 76 valence electrons. The first kappa shape index (κ1) is 9.34. The van der Waals surface area contributed by atoms with Crippen molar-refractivity contribution >= 4 is 0 Å². The van der Waals surface area contributed by atoms with E-state index in [1.807, 2.05) is 18.2 Å². The zero-order valence-corrected chi connectivity index (χ0v) is 8.19. The van der Waals surface area contributed by atoms with Crippen molar-refractivity contribution in [3.63, 3.8) is 0 Å². The molecule has 1 heterocycles. The van der Waals surface area contributed by atoms with Gasteiger partial charge in [-0.25, -0.2) is 0 Å².